The number of nitrogens with two attached hydrogens (primary N) is 2. The van der Waals surface area contributed by atoms with Crippen molar-refractivity contribution in [2.24, 2.45) is 11.7 Å². The second kappa shape index (κ2) is 13.8. The minimum atomic E-state index is -0.512. The van der Waals surface area contributed by atoms with Gasteiger partial charge in [-0.25, -0.2) is 8.78 Å². The van der Waals surface area contributed by atoms with Gasteiger partial charge in [0.2, 0.25) is 5.91 Å². The van der Waals surface area contributed by atoms with Crippen molar-refractivity contribution in [1.29, 1.82) is 5.41 Å². The molecule has 0 unspecified atom stereocenters. The Kier molecular flexibility index (Phi) is 11.6. The number of aryl methyl sites for hydroxylation is 2. The minimum Gasteiger partial charge on any atom is -0.398 e. The Labute approximate surface area is 207 Å². The Hall–Kier alpha value is -3.74. The first-order valence-electron chi connectivity index (χ1n) is 11.4. The molecule has 0 bridgehead atoms. The van der Waals surface area contributed by atoms with Crippen molar-refractivity contribution >= 4 is 23.1 Å². The lowest BCUT2D eigenvalue weighted by Gasteiger charge is -2.13. The number of halogens is 2. The summed E-state index contributed by atoms with van der Waals surface area (Å²) in [5.41, 5.74) is 14.8. The third-order valence-electron chi connectivity index (χ3n) is 5.08. The molecule has 0 aromatic heterocycles. The SMILES string of the molecule is CC(=O)Nc1ccc(-c2c(F)ccc(N)c2C(=N)N)cc1.CCC(C)C.Cc1ccc(F)c(C)c1. The molecule has 0 fully saturated rings. The maximum absolute atomic E-state index is 14.1. The van der Waals surface area contributed by atoms with Crippen LogP contribution in [0, 0.1) is 36.8 Å². The van der Waals surface area contributed by atoms with E-state index in [1.54, 1.807) is 37.3 Å². The third-order valence-corrected chi connectivity index (χ3v) is 5.08. The monoisotopic (exact) mass is 482 g/mol. The molecule has 188 valence electrons. The van der Waals surface area contributed by atoms with Gasteiger partial charge in [0.25, 0.3) is 0 Å². The molecule has 3 aromatic carbocycles. The number of nitrogens with one attached hydrogen (secondary N) is 2. The van der Waals surface area contributed by atoms with Crippen LogP contribution in [0.15, 0.2) is 54.6 Å². The van der Waals surface area contributed by atoms with Gasteiger partial charge >= 0.3 is 0 Å². The van der Waals surface area contributed by atoms with E-state index < -0.39 is 5.82 Å². The van der Waals surface area contributed by atoms with Crippen LogP contribution in [0.4, 0.5) is 20.2 Å². The smallest absolute Gasteiger partial charge is 0.221 e. The molecule has 5 nitrogen and oxygen atoms in total. The normalized spacial score (nSPS) is 9.97. The minimum absolute atomic E-state index is 0.124. The van der Waals surface area contributed by atoms with Crippen LogP contribution in [-0.2, 0) is 4.79 Å². The van der Waals surface area contributed by atoms with Gasteiger partial charge < -0.3 is 16.8 Å². The molecule has 0 heterocycles. The van der Waals surface area contributed by atoms with Crippen molar-refractivity contribution in [3.8, 4) is 11.1 Å². The topological polar surface area (TPSA) is 105 Å². The first kappa shape index (κ1) is 29.3. The highest BCUT2D eigenvalue weighted by molar-refractivity contribution is 6.06. The predicted molar refractivity (Wildman–Crippen MR) is 143 cm³/mol. The standard InChI is InChI=1S/C15H15FN4O.C8H9F.C5H12/c1-8(21)20-10-4-2-9(3-5-10)13-11(16)6-7-12(17)14(13)15(18)19;1-6-3-4-8(9)7(2)5-6;1-4-5(2)3/h2-7H,17H2,1H3,(H3,18,19)(H,20,21);3-5H,1-2H3;5H,4H2,1-3H3. The van der Waals surface area contributed by atoms with Gasteiger partial charge in [-0.3, -0.25) is 10.2 Å². The molecular weight excluding hydrogens is 446 g/mol. The van der Waals surface area contributed by atoms with Gasteiger partial charge in [-0.2, -0.15) is 0 Å². The Morgan fingerprint density at radius 3 is 1.97 bits per heavy atom. The number of hydrogen-bond acceptors (Lipinski definition) is 3. The van der Waals surface area contributed by atoms with Gasteiger partial charge in [0.05, 0.1) is 0 Å². The Bertz CT molecular complexity index is 1140. The molecule has 3 aromatic rings. The first-order chi connectivity index (χ1) is 16.4. The summed E-state index contributed by atoms with van der Waals surface area (Å²) in [7, 11) is 0. The fourth-order valence-electron chi connectivity index (χ4n) is 2.88. The van der Waals surface area contributed by atoms with Crippen LogP contribution in [-0.4, -0.2) is 11.7 Å². The van der Waals surface area contributed by atoms with Crippen LogP contribution in [0.25, 0.3) is 11.1 Å². The number of carbonyl (C=O) groups excluding carboxylic acids is 1. The molecule has 0 atom stereocenters. The molecule has 7 heteroatoms. The summed E-state index contributed by atoms with van der Waals surface area (Å²) in [6, 6.07) is 14.3. The maximum Gasteiger partial charge on any atom is 0.221 e. The second-order valence-electron chi connectivity index (χ2n) is 8.61. The summed E-state index contributed by atoms with van der Waals surface area (Å²) in [5.74, 6) is -0.243. The van der Waals surface area contributed by atoms with E-state index in [-0.39, 0.29) is 34.4 Å². The van der Waals surface area contributed by atoms with Crippen LogP contribution >= 0.6 is 0 Å². The summed E-state index contributed by atoms with van der Waals surface area (Å²) >= 11 is 0. The summed E-state index contributed by atoms with van der Waals surface area (Å²) in [4.78, 5) is 11.0. The van der Waals surface area contributed by atoms with Crippen molar-refractivity contribution in [1.82, 2.24) is 0 Å². The molecule has 3 rings (SSSR count). The van der Waals surface area contributed by atoms with E-state index in [0.29, 0.717) is 11.3 Å². The zero-order chi connectivity index (χ0) is 26.7. The van der Waals surface area contributed by atoms with Crippen molar-refractivity contribution in [3.05, 3.63) is 82.9 Å². The van der Waals surface area contributed by atoms with Gasteiger partial charge in [0.1, 0.15) is 17.5 Å². The molecule has 0 aliphatic rings. The number of carbonyl (C=O) groups is 1. The largest absolute Gasteiger partial charge is 0.398 e. The summed E-state index contributed by atoms with van der Waals surface area (Å²) in [6.45, 7) is 11.8. The maximum atomic E-state index is 14.1. The number of amidine groups is 1. The molecule has 0 saturated carbocycles. The first-order valence-corrected chi connectivity index (χ1v) is 11.4. The van der Waals surface area contributed by atoms with Crippen LogP contribution in [0.1, 0.15) is 50.8 Å². The van der Waals surface area contributed by atoms with Crippen molar-refractivity contribution in [2.45, 2.75) is 48.0 Å². The molecule has 0 aliphatic heterocycles. The Morgan fingerprint density at radius 2 is 1.54 bits per heavy atom. The average molecular weight is 483 g/mol. The van der Waals surface area contributed by atoms with E-state index in [1.807, 2.05) is 13.0 Å². The van der Waals surface area contributed by atoms with Gasteiger partial charge in [0.15, 0.2) is 0 Å². The van der Waals surface area contributed by atoms with E-state index in [0.717, 1.165) is 17.0 Å². The van der Waals surface area contributed by atoms with Crippen LogP contribution < -0.4 is 16.8 Å². The summed E-state index contributed by atoms with van der Waals surface area (Å²) in [6.07, 6.45) is 1.31. The second-order valence-corrected chi connectivity index (χ2v) is 8.61. The molecule has 0 spiro atoms. The van der Waals surface area contributed by atoms with Gasteiger partial charge in [0, 0.05) is 29.4 Å². The number of nitrogen functional groups attached to an aromatic ring is 2. The number of benzene rings is 3. The molecule has 1 amide bonds. The molecular formula is C28H36F2N4O. The lowest BCUT2D eigenvalue weighted by atomic mass is 9.96. The molecule has 0 aliphatic carbocycles. The van der Waals surface area contributed by atoms with Crippen LogP contribution in [0.2, 0.25) is 0 Å². The number of rotatable bonds is 4. The number of amides is 1. The predicted octanol–water partition coefficient (Wildman–Crippen LogP) is 6.81. The van der Waals surface area contributed by atoms with Crippen LogP contribution in [0.3, 0.4) is 0 Å². The van der Waals surface area contributed by atoms with Crippen LogP contribution in [0.5, 0.6) is 0 Å². The quantitative estimate of drug-likeness (QED) is 0.186. The van der Waals surface area contributed by atoms with E-state index >= 15 is 0 Å². The molecule has 0 radical (unpaired) electrons. The Morgan fingerprint density at radius 1 is 1.00 bits per heavy atom. The highest BCUT2D eigenvalue weighted by Crippen LogP contribution is 2.31. The summed E-state index contributed by atoms with van der Waals surface area (Å²) < 4.78 is 26.6. The highest BCUT2D eigenvalue weighted by atomic mass is 19.1. The van der Waals surface area contributed by atoms with Crippen molar-refractivity contribution < 1.29 is 13.6 Å². The fourth-order valence-corrected chi connectivity index (χ4v) is 2.88. The van der Waals surface area contributed by atoms with Crippen molar-refractivity contribution in [3.63, 3.8) is 0 Å². The van der Waals surface area contributed by atoms with E-state index in [2.05, 4.69) is 26.1 Å². The molecule has 0 saturated heterocycles. The van der Waals surface area contributed by atoms with Gasteiger partial charge in [-0.05, 0) is 61.2 Å². The lowest BCUT2D eigenvalue weighted by Crippen LogP contribution is -2.16. The van der Waals surface area contributed by atoms with Gasteiger partial charge in [-0.1, -0.05) is 57.0 Å². The highest BCUT2D eigenvalue weighted by Gasteiger charge is 2.16. The zero-order valence-electron chi connectivity index (χ0n) is 21.3. The van der Waals surface area contributed by atoms with E-state index in [4.69, 9.17) is 16.9 Å². The zero-order valence-corrected chi connectivity index (χ0v) is 21.3. The van der Waals surface area contributed by atoms with E-state index in [9.17, 15) is 13.6 Å². The average Bonchev–Trinajstić information content (AvgIpc) is 2.78. The van der Waals surface area contributed by atoms with Gasteiger partial charge in [-0.15, -0.1) is 0 Å². The number of anilines is 2. The Balaban J connectivity index is 0.000000359. The summed E-state index contributed by atoms with van der Waals surface area (Å²) in [5, 5.41) is 10.2. The molecule has 6 N–H and O–H groups in total. The lowest BCUT2D eigenvalue weighted by molar-refractivity contribution is -0.114. The van der Waals surface area contributed by atoms with E-state index in [1.165, 1.54) is 31.5 Å². The van der Waals surface area contributed by atoms with Crippen molar-refractivity contribution in [2.75, 3.05) is 11.1 Å². The molecule has 35 heavy (non-hydrogen) atoms. The third kappa shape index (κ3) is 9.57. The number of hydrogen-bond donors (Lipinski definition) is 4. The fraction of sp³-hybridized carbons (Fsp3) is 0.286.